The number of thiazole rings is 1. The van der Waals surface area contributed by atoms with Crippen molar-refractivity contribution in [1.82, 2.24) is 19.5 Å². The van der Waals surface area contributed by atoms with Gasteiger partial charge in [0, 0.05) is 35.5 Å². The van der Waals surface area contributed by atoms with Crippen LogP contribution in [0.3, 0.4) is 0 Å². The van der Waals surface area contributed by atoms with Gasteiger partial charge >= 0.3 is 0 Å². The number of nitrogens with zero attached hydrogens (tertiary/aromatic N) is 3. The van der Waals surface area contributed by atoms with Crippen LogP contribution in [0.2, 0.25) is 0 Å². The smallest absolute Gasteiger partial charge is 0.251 e. The highest BCUT2D eigenvalue weighted by Crippen LogP contribution is 2.28. The van der Waals surface area contributed by atoms with E-state index in [-0.39, 0.29) is 4.21 Å². The maximum absolute atomic E-state index is 12.3. The highest BCUT2D eigenvalue weighted by atomic mass is 79.9. The van der Waals surface area contributed by atoms with Gasteiger partial charge in [-0.1, -0.05) is 28.1 Å². The molecule has 0 amide bonds. The molecule has 1 N–H and O–H groups in total. The van der Waals surface area contributed by atoms with Gasteiger partial charge < -0.3 is 0 Å². The average molecular weight is 427 g/mol. The van der Waals surface area contributed by atoms with E-state index in [4.69, 9.17) is 0 Å². The van der Waals surface area contributed by atoms with Crippen LogP contribution in [-0.2, 0) is 16.6 Å². The Kier molecular flexibility index (Phi) is 5.44. The molecule has 0 saturated carbocycles. The summed E-state index contributed by atoms with van der Waals surface area (Å²) in [5.74, 6) is 0. The van der Waals surface area contributed by atoms with Crippen LogP contribution < -0.4 is 4.72 Å². The summed E-state index contributed by atoms with van der Waals surface area (Å²) < 4.78 is 30.2. The van der Waals surface area contributed by atoms with Gasteiger partial charge in [0.15, 0.2) is 4.21 Å². The standard InChI is InChI=1S/C15H15BrN4O2S2/c16-13-5-3-12(4-6-13)15-17-11-14(23-15)24(21,22)19-8-2-10-20-9-1-7-18-20/h1,3-7,9,11,19H,2,8,10H2. The summed E-state index contributed by atoms with van der Waals surface area (Å²) in [6, 6.07) is 9.44. The van der Waals surface area contributed by atoms with Crippen molar-refractivity contribution < 1.29 is 8.42 Å². The third-order valence-corrected chi connectivity index (χ3v) is 6.75. The molecular weight excluding hydrogens is 412 g/mol. The van der Waals surface area contributed by atoms with Crippen LogP contribution in [0.1, 0.15) is 6.42 Å². The number of aromatic nitrogens is 3. The van der Waals surface area contributed by atoms with Crippen LogP contribution in [0, 0.1) is 0 Å². The first-order valence-corrected chi connectivity index (χ1v) is 10.3. The molecule has 0 radical (unpaired) electrons. The molecule has 2 aromatic heterocycles. The molecule has 126 valence electrons. The molecule has 0 atom stereocenters. The van der Waals surface area contributed by atoms with Gasteiger partial charge in [0.2, 0.25) is 0 Å². The van der Waals surface area contributed by atoms with Crippen LogP contribution in [0.5, 0.6) is 0 Å². The fourth-order valence-electron chi connectivity index (χ4n) is 2.06. The van der Waals surface area contributed by atoms with E-state index >= 15 is 0 Å². The van der Waals surface area contributed by atoms with E-state index in [0.29, 0.717) is 24.5 Å². The lowest BCUT2D eigenvalue weighted by molar-refractivity contribution is 0.554. The molecule has 0 unspecified atom stereocenters. The maximum atomic E-state index is 12.3. The summed E-state index contributed by atoms with van der Waals surface area (Å²) in [6.07, 6.45) is 5.62. The SMILES string of the molecule is O=S(=O)(NCCCn1cccn1)c1cnc(-c2ccc(Br)cc2)s1. The van der Waals surface area contributed by atoms with Gasteiger partial charge in [-0.2, -0.15) is 5.10 Å². The second-order valence-corrected chi connectivity index (χ2v) is 8.95. The number of hydrogen-bond donors (Lipinski definition) is 1. The van der Waals surface area contributed by atoms with Gasteiger partial charge in [0.1, 0.15) is 5.01 Å². The fourth-order valence-corrected chi connectivity index (χ4v) is 4.58. The lowest BCUT2D eigenvalue weighted by Gasteiger charge is -2.04. The molecule has 3 aromatic rings. The second-order valence-electron chi connectivity index (χ2n) is 5.01. The van der Waals surface area contributed by atoms with Crippen molar-refractivity contribution >= 4 is 37.3 Å². The maximum Gasteiger partial charge on any atom is 0.251 e. The minimum absolute atomic E-state index is 0.222. The largest absolute Gasteiger partial charge is 0.273 e. The quantitative estimate of drug-likeness (QED) is 0.588. The lowest BCUT2D eigenvalue weighted by atomic mass is 10.2. The van der Waals surface area contributed by atoms with Crippen molar-refractivity contribution in [3.05, 3.63) is 53.4 Å². The first-order valence-electron chi connectivity index (χ1n) is 7.23. The predicted octanol–water partition coefficient (Wildman–Crippen LogP) is 3.14. The van der Waals surface area contributed by atoms with Gasteiger partial charge in [-0.05, 0) is 24.6 Å². The topological polar surface area (TPSA) is 76.9 Å². The van der Waals surface area contributed by atoms with Crippen LogP contribution >= 0.6 is 27.3 Å². The average Bonchev–Trinajstić information content (AvgIpc) is 3.24. The van der Waals surface area contributed by atoms with Crippen LogP contribution in [0.4, 0.5) is 0 Å². The number of halogens is 1. The first kappa shape index (κ1) is 17.3. The predicted molar refractivity (Wildman–Crippen MR) is 97.3 cm³/mol. The lowest BCUT2D eigenvalue weighted by Crippen LogP contribution is -2.24. The molecular formula is C15H15BrN4O2S2. The van der Waals surface area contributed by atoms with Crippen molar-refractivity contribution in [2.24, 2.45) is 0 Å². The Balaban J connectivity index is 1.61. The number of benzene rings is 1. The summed E-state index contributed by atoms with van der Waals surface area (Å²) in [4.78, 5) is 4.22. The van der Waals surface area contributed by atoms with E-state index in [2.05, 4.69) is 30.7 Å². The number of nitrogens with one attached hydrogen (secondary N) is 1. The van der Waals surface area contributed by atoms with E-state index in [0.717, 1.165) is 21.4 Å². The number of rotatable bonds is 7. The molecule has 24 heavy (non-hydrogen) atoms. The Morgan fingerprint density at radius 1 is 1.25 bits per heavy atom. The molecule has 1 aromatic carbocycles. The minimum Gasteiger partial charge on any atom is -0.273 e. The van der Waals surface area contributed by atoms with E-state index in [1.54, 1.807) is 10.9 Å². The Bertz CT molecular complexity index is 890. The monoisotopic (exact) mass is 426 g/mol. The molecule has 0 saturated heterocycles. The summed E-state index contributed by atoms with van der Waals surface area (Å²) in [7, 11) is -3.53. The van der Waals surface area contributed by atoms with Crippen molar-refractivity contribution in [2.75, 3.05) is 6.54 Å². The van der Waals surface area contributed by atoms with Crippen molar-refractivity contribution in [3.63, 3.8) is 0 Å². The highest BCUT2D eigenvalue weighted by Gasteiger charge is 2.17. The zero-order valence-corrected chi connectivity index (χ0v) is 15.8. The van der Waals surface area contributed by atoms with Gasteiger partial charge in [-0.3, -0.25) is 4.68 Å². The molecule has 0 aliphatic heterocycles. The zero-order valence-electron chi connectivity index (χ0n) is 12.6. The third kappa shape index (κ3) is 4.29. The van der Waals surface area contributed by atoms with E-state index in [9.17, 15) is 8.42 Å². The summed E-state index contributed by atoms with van der Waals surface area (Å²) >= 11 is 4.54. The van der Waals surface area contributed by atoms with Gasteiger partial charge in [0.25, 0.3) is 10.0 Å². The molecule has 6 nitrogen and oxygen atoms in total. The molecule has 0 fully saturated rings. The summed E-state index contributed by atoms with van der Waals surface area (Å²) in [5.41, 5.74) is 0.892. The Hall–Kier alpha value is -1.55. The van der Waals surface area contributed by atoms with Crippen molar-refractivity contribution in [3.8, 4) is 10.6 Å². The number of hydrogen-bond acceptors (Lipinski definition) is 5. The molecule has 3 rings (SSSR count). The van der Waals surface area contributed by atoms with Gasteiger partial charge in [-0.25, -0.2) is 18.1 Å². The first-order chi connectivity index (χ1) is 11.5. The normalized spacial score (nSPS) is 11.7. The third-order valence-electron chi connectivity index (χ3n) is 3.26. The fraction of sp³-hybridized carbons (Fsp3) is 0.200. The van der Waals surface area contributed by atoms with Crippen molar-refractivity contribution in [1.29, 1.82) is 0 Å². The summed E-state index contributed by atoms with van der Waals surface area (Å²) in [6.45, 7) is 1.02. The second kappa shape index (κ2) is 7.56. The Labute approximate surface area is 152 Å². The van der Waals surface area contributed by atoms with E-state index in [1.807, 2.05) is 36.5 Å². The van der Waals surface area contributed by atoms with Crippen molar-refractivity contribution in [2.45, 2.75) is 17.2 Å². The molecule has 2 heterocycles. The highest BCUT2D eigenvalue weighted by molar-refractivity contribution is 9.10. The summed E-state index contributed by atoms with van der Waals surface area (Å²) in [5, 5.41) is 4.76. The van der Waals surface area contributed by atoms with Gasteiger partial charge in [0.05, 0.1) is 6.20 Å². The van der Waals surface area contributed by atoms with Gasteiger partial charge in [-0.15, -0.1) is 11.3 Å². The van der Waals surface area contributed by atoms with Crippen LogP contribution in [0.15, 0.2) is 57.6 Å². The van der Waals surface area contributed by atoms with Crippen LogP contribution in [0.25, 0.3) is 10.6 Å². The molecule has 9 heteroatoms. The minimum atomic E-state index is -3.53. The number of aryl methyl sites for hydroxylation is 1. The Morgan fingerprint density at radius 2 is 2.04 bits per heavy atom. The van der Waals surface area contributed by atoms with E-state index in [1.165, 1.54) is 6.20 Å². The molecule has 0 aliphatic carbocycles. The van der Waals surface area contributed by atoms with Crippen LogP contribution in [-0.4, -0.2) is 29.7 Å². The molecule has 0 bridgehead atoms. The molecule has 0 aliphatic rings. The Morgan fingerprint density at radius 3 is 2.75 bits per heavy atom. The van der Waals surface area contributed by atoms with E-state index < -0.39 is 10.0 Å². The molecule has 0 spiro atoms. The zero-order chi connectivity index (χ0) is 17.0. The number of sulfonamides is 1.